The maximum absolute atomic E-state index is 13.7. The van der Waals surface area contributed by atoms with Gasteiger partial charge in [-0.25, -0.2) is 18.3 Å². The largest absolute Gasteiger partial charge is 0.454 e. The summed E-state index contributed by atoms with van der Waals surface area (Å²) in [5.74, 6) is -1.64. The first-order valence-corrected chi connectivity index (χ1v) is 9.84. The topological polar surface area (TPSA) is 122 Å². The third kappa shape index (κ3) is 3.72. The summed E-state index contributed by atoms with van der Waals surface area (Å²) in [4.78, 5) is 11.7. The van der Waals surface area contributed by atoms with Gasteiger partial charge in [0.25, 0.3) is 5.91 Å². The minimum Gasteiger partial charge on any atom is -0.454 e. The van der Waals surface area contributed by atoms with Crippen LogP contribution in [0, 0.1) is 5.82 Å². The molecule has 1 aliphatic rings. The number of benzene rings is 2. The highest BCUT2D eigenvalue weighted by atomic mass is 32.2. The lowest BCUT2D eigenvalue weighted by Gasteiger charge is -2.36. The summed E-state index contributed by atoms with van der Waals surface area (Å²) in [6, 6.07) is 10.9. The number of halogens is 1. The number of hydrogen-bond acceptors (Lipinski definition) is 7. The number of amides is 1. The number of rotatable bonds is 5. The van der Waals surface area contributed by atoms with Crippen LogP contribution in [-0.4, -0.2) is 48.7 Å². The highest BCUT2D eigenvalue weighted by Crippen LogP contribution is 2.32. The van der Waals surface area contributed by atoms with Gasteiger partial charge in [0.05, 0.1) is 11.5 Å². The van der Waals surface area contributed by atoms with Crippen LogP contribution in [0.4, 0.5) is 4.39 Å². The highest BCUT2D eigenvalue weighted by molar-refractivity contribution is 7.92. The molecule has 0 spiro atoms. The zero-order chi connectivity index (χ0) is 20.4. The lowest BCUT2D eigenvalue weighted by Crippen LogP contribution is -2.62. The van der Waals surface area contributed by atoms with E-state index in [9.17, 15) is 22.7 Å². The summed E-state index contributed by atoms with van der Waals surface area (Å²) in [5.41, 5.74) is -1.15. The molecule has 28 heavy (non-hydrogen) atoms. The van der Waals surface area contributed by atoms with Crippen LogP contribution in [0.15, 0.2) is 53.4 Å². The van der Waals surface area contributed by atoms with E-state index >= 15 is 0 Å². The fourth-order valence-electron chi connectivity index (χ4n) is 2.99. The van der Waals surface area contributed by atoms with Crippen LogP contribution >= 0.6 is 0 Å². The van der Waals surface area contributed by atoms with Crippen molar-refractivity contribution in [3.63, 3.8) is 0 Å². The zero-order valence-electron chi connectivity index (χ0n) is 14.5. The smallest absolute Gasteiger partial charge is 0.279 e. The molecule has 1 amide bonds. The van der Waals surface area contributed by atoms with Crippen LogP contribution in [0.5, 0.6) is 11.5 Å². The number of sulfone groups is 1. The SMILES string of the molecule is O=C(NO)C1(O)COCCC1S(=O)(=O)c1ccc(Oc2ccccc2F)cc1. The molecule has 0 aromatic heterocycles. The summed E-state index contributed by atoms with van der Waals surface area (Å²) < 4.78 is 50.0. The number of carbonyl (C=O) groups excluding carboxylic acids is 1. The van der Waals surface area contributed by atoms with E-state index in [0.29, 0.717) is 0 Å². The molecule has 0 bridgehead atoms. The van der Waals surface area contributed by atoms with Crippen molar-refractivity contribution in [2.75, 3.05) is 13.2 Å². The molecule has 8 nitrogen and oxygen atoms in total. The second-order valence-electron chi connectivity index (χ2n) is 6.24. The first-order valence-electron chi connectivity index (χ1n) is 8.30. The lowest BCUT2D eigenvalue weighted by atomic mass is 9.95. The number of ether oxygens (including phenoxy) is 2. The predicted molar refractivity (Wildman–Crippen MR) is 94.2 cm³/mol. The van der Waals surface area contributed by atoms with Crippen LogP contribution < -0.4 is 10.2 Å². The molecule has 3 rings (SSSR count). The lowest BCUT2D eigenvalue weighted by molar-refractivity contribution is -0.161. The van der Waals surface area contributed by atoms with E-state index in [1.165, 1.54) is 47.9 Å². The number of nitrogens with one attached hydrogen (secondary N) is 1. The van der Waals surface area contributed by atoms with Gasteiger partial charge in [-0.3, -0.25) is 10.0 Å². The van der Waals surface area contributed by atoms with Gasteiger partial charge in [0.1, 0.15) is 11.0 Å². The predicted octanol–water partition coefficient (Wildman–Crippen LogP) is 1.42. The Morgan fingerprint density at radius 2 is 1.89 bits per heavy atom. The van der Waals surface area contributed by atoms with Crippen molar-refractivity contribution in [1.82, 2.24) is 5.48 Å². The van der Waals surface area contributed by atoms with Crippen molar-refractivity contribution in [3.05, 3.63) is 54.3 Å². The molecule has 1 saturated heterocycles. The minimum atomic E-state index is -4.15. The molecule has 1 heterocycles. The molecule has 3 N–H and O–H groups in total. The molecule has 0 saturated carbocycles. The third-order valence-corrected chi connectivity index (χ3v) is 6.77. The van der Waals surface area contributed by atoms with Crippen molar-refractivity contribution in [2.24, 2.45) is 0 Å². The van der Waals surface area contributed by atoms with E-state index in [4.69, 9.17) is 14.7 Å². The molecular formula is C18H18FNO7S. The van der Waals surface area contributed by atoms with Crippen molar-refractivity contribution < 1.29 is 37.4 Å². The van der Waals surface area contributed by atoms with Gasteiger partial charge in [0.15, 0.2) is 27.0 Å². The van der Waals surface area contributed by atoms with Crippen LogP contribution in [0.2, 0.25) is 0 Å². The second-order valence-corrected chi connectivity index (χ2v) is 8.37. The van der Waals surface area contributed by atoms with E-state index < -0.39 is 39.0 Å². The van der Waals surface area contributed by atoms with Gasteiger partial charge in [-0.05, 0) is 42.8 Å². The molecule has 150 valence electrons. The Morgan fingerprint density at radius 1 is 1.21 bits per heavy atom. The van der Waals surface area contributed by atoms with Crippen molar-refractivity contribution in [3.8, 4) is 11.5 Å². The minimum absolute atomic E-state index is 0.0171. The van der Waals surface area contributed by atoms with Gasteiger partial charge in [-0.1, -0.05) is 12.1 Å². The average molecular weight is 411 g/mol. The third-order valence-electron chi connectivity index (χ3n) is 4.47. The number of carbonyl (C=O) groups is 1. The zero-order valence-corrected chi connectivity index (χ0v) is 15.4. The number of para-hydroxylation sites is 1. The Hall–Kier alpha value is -2.53. The Labute approximate surface area is 160 Å². The Balaban J connectivity index is 1.87. The van der Waals surface area contributed by atoms with Crippen molar-refractivity contribution in [2.45, 2.75) is 22.2 Å². The van der Waals surface area contributed by atoms with Gasteiger partial charge in [-0.2, -0.15) is 0 Å². The quantitative estimate of drug-likeness (QED) is 0.502. The first-order chi connectivity index (χ1) is 13.3. The summed E-state index contributed by atoms with van der Waals surface area (Å²) in [7, 11) is -4.15. The summed E-state index contributed by atoms with van der Waals surface area (Å²) in [5, 5.41) is 17.9. The van der Waals surface area contributed by atoms with E-state index in [2.05, 4.69) is 0 Å². The van der Waals surface area contributed by atoms with E-state index in [-0.39, 0.29) is 29.4 Å². The van der Waals surface area contributed by atoms with E-state index in [0.717, 1.165) is 0 Å². The standard InChI is InChI=1S/C18H18FNO7S/c19-14-3-1-2-4-15(14)27-12-5-7-13(8-6-12)28(24,25)16-9-10-26-11-18(16,22)17(21)20-23/h1-8,16,22-23H,9-11H2,(H,20,21). The first kappa shape index (κ1) is 20.2. The maximum atomic E-state index is 13.7. The molecule has 2 aromatic rings. The van der Waals surface area contributed by atoms with Gasteiger partial charge in [0, 0.05) is 6.61 Å². The highest BCUT2D eigenvalue weighted by Gasteiger charge is 2.53. The Bertz CT molecular complexity index is 964. The fraction of sp³-hybridized carbons (Fsp3) is 0.278. The Kier molecular flexibility index (Phi) is 5.66. The van der Waals surface area contributed by atoms with E-state index in [1.807, 2.05) is 0 Å². The molecule has 2 atom stereocenters. The molecule has 10 heteroatoms. The van der Waals surface area contributed by atoms with Gasteiger partial charge >= 0.3 is 0 Å². The fourth-order valence-corrected chi connectivity index (χ4v) is 4.93. The normalized spacial score (nSPS) is 22.5. The molecular weight excluding hydrogens is 393 g/mol. The van der Waals surface area contributed by atoms with Gasteiger partial charge in [-0.15, -0.1) is 0 Å². The van der Waals surface area contributed by atoms with Gasteiger partial charge in [0.2, 0.25) is 0 Å². The maximum Gasteiger partial charge on any atom is 0.279 e. The number of aliphatic hydroxyl groups is 1. The summed E-state index contributed by atoms with van der Waals surface area (Å²) >= 11 is 0. The number of hydrogen-bond donors (Lipinski definition) is 3. The molecule has 0 aliphatic carbocycles. The summed E-state index contributed by atoms with van der Waals surface area (Å²) in [6.45, 7) is -0.544. The van der Waals surface area contributed by atoms with Gasteiger partial charge < -0.3 is 14.6 Å². The van der Waals surface area contributed by atoms with Crippen LogP contribution in [0.3, 0.4) is 0 Å². The molecule has 0 radical (unpaired) electrons. The molecule has 2 aromatic carbocycles. The van der Waals surface area contributed by atoms with Crippen molar-refractivity contribution >= 4 is 15.7 Å². The van der Waals surface area contributed by atoms with Crippen LogP contribution in [-0.2, 0) is 19.4 Å². The molecule has 1 fully saturated rings. The van der Waals surface area contributed by atoms with Crippen LogP contribution in [0.25, 0.3) is 0 Å². The van der Waals surface area contributed by atoms with Crippen molar-refractivity contribution in [1.29, 1.82) is 0 Å². The second kappa shape index (κ2) is 7.84. The Morgan fingerprint density at radius 3 is 2.54 bits per heavy atom. The molecule has 2 unspecified atom stereocenters. The van der Waals surface area contributed by atoms with E-state index in [1.54, 1.807) is 6.07 Å². The van der Waals surface area contributed by atoms with Crippen LogP contribution in [0.1, 0.15) is 6.42 Å². The molecule has 1 aliphatic heterocycles. The monoisotopic (exact) mass is 411 g/mol. The number of hydroxylamine groups is 1. The average Bonchev–Trinajstić information content (AvgIpc) is 2.69. The summed E-state index contributed by atoms with van der Waals surface area (Å²) in [6.07, 6.45) is -0.139.